The Balaban J connectivity index is 1.57. The van der Waals surface area contributed by atoms with Gasteiger partial charge in [-0.05, 0) is 37.8 Å². The number of carboxylic acid groups (broad SMARTS) is 1. The van der Waals surface area contributed by atoms with Gasteiger partial charge in [-0.1, -0.05) is 0 Å². The Labute approximate surface area is 139 Å². The van der Waals surface area contributed by atoms with Gasteiger partial charge in [-0.25, -0.2) is 22.5 Å². The van der Waals surface area contributed by atoms with E-state index in [1.54, 1.807) is 0 Å². The van der Waals surface area contributed by atoms with Gasteiger partial charge in [0.15, 0.2) is 0 Å². The molecule has 1 aliphatic carbocycles. The zero-order valence-corrected chi connectivity index (χ0v) is 13.8. The third kappa shape index (κ3) is 3.57. The number of hydrogen-bond donors (Lipinski definition) is 2. The minimum absolute atomic E-state index is 0.121. The van der Waals surface area contributed by atoms with Crippen LogP contribution < -0.4 is 5.32 Å². The summed E-state index contributed by atoms with van der Waals surface area (Å²) in [6.07, 6.45) is 3.87. The smallest absolute Gasteiger partial charge is 0.354 e. The van der Waals surface area contributed by atoms with E-state index in [4.69, 9.17) is 5.11 Å². The highest BCUT2D eigenvalue weighted by atomic mass is 32.2. The summed E-state index contributed by atoms with van der Waals surface area (Å²) in [7, 11) is -3.16. The molecule has 1 aliphatic heterocycles. The van der Waals surface area contributed by atoms with Gasteiger partial charge in [0, 0.05) is 30.9 Å². The van der Waals surface area contributed by atoms with Crippen molar-refractivity contribution in [1.82, 2.24) is 14.6 Å². The van der Waals surface area contributed by atoms with E-state index in [1.165, 1.54) is 22.6 Å². The first-order valence-corrected chi connectivity index (χ1v) is 9.37. The van der Waals surface area contributed by atoms with Crippen molar-refractivity contribution in [2.24, 2.45) is 0 Å². The number of pyridine rings is 1. The number of carboxylic acids is 1. The highest BCUT2D eigenvalue weighted by Gasteiger charge is 2.41. The lowest BCUT2D eigenvalue weighted by molar-refractivity contribution is 0.0690. The van der Waals surface area contributed by atoms with Crippen molar-refractivity contribution >= 4 is 21.9 Å². The molecule has 2 N–H and O–H groups in total. The minimum atomic E-state index is -3.16. The van der Waals surface area contributed by atoms with Crippen LogP contribution in [0.2, 0.25) is 0 Å². The highest BCUT2D eigenvalue weighted by molar-refractivity contribution is 7.90. The summed E-state index contributed by atoms with van der Waals surface area (Å²) < 4.78 is 25.9. The van der Waals surface area contributed by atoms with Crippen LogP contribution in [-0.2, 0) is 10.0 Å². The zero-order chi connectivity index (χ0) is 17.3. The molecular formula is C15H19N3O5S. The van der Waals surface area contributed by atoms with Crippen LogP contribution in [0.3, 0.4) is 0 Å². The Morgan fingerprint density at radius 3 is 2.46 bits per heavy atom. The van der Waals surface area contributed by atoms with Crippen LogP contribution >= 0.6 is 0 Å². The SMILES string of the molecule is O=C(NC1CCN(S(=O)(=O)C2CC2)CC1)c1ccnc(C(=O)O)c1. The number of nitrogens with one attached hydrogen (secondary N) is 1. The Hall–Kier alpha value is -2.00. The van der Waals surface area contributed by atoms with Crippen LogP contribution in [0.4, 0.5) is 0 Å². The molecule has 0 bridgehead atoms. The van der Waals surface area contributed by atoms with Crippen LogP contribution in [0.25, 0.3) is 0 Å². The third-order valence-corrected chi connectivity index (χ3v) is 6.73. The molecule has 130 valence electrons. The number of aromatic carboxylic acids is 1. The van der Waals surface area contributed by atoms with E-state index >= 15 is 0 Å². The second-order valence-electron chi connectivity index (χ2n) is 6.13. The maximum atomic E-state index is 12.2. The largest absolute Gasteiger partial charge is 0.477 e. The van der Waals surface area contributed by atoms with Crippen molar-refractivity contribution in [3.63, 3.8) is 0 Å². The number of amides is 1. The van der Waals surface area contributed by atoms with Crippen molar-refractivity contribution in [2.75, 3.05) is 13.1 Å². The van der Waals surface area contributed by atoms with Gasteiger partial charge in [0.05, 0.1) is 5.25 Å². The van der Waals surface area contributed by atoms with Crippen LogP contribution in [-0.4, -0.2) is 59.1 Å². The summed E-state index contributed by atoms with van der Waals surface area (Å²) in [5.74, 6) is -1.56. The molecule has 1 saturated carbocycles. The molecule has 1 aromatic rings. The summed E-state index contributed by atoms with van der Waals surface area (Å²) in [4.78, 5) is 26.8. The van der Waals surface area contributed by atoms with Gasteiger partial charge < -0.3 is 10.4 Å². The standard InChI is InChI=1S/C15H19N3O5S/c19-14(10-3-6-16-13(9-10)15(20)21)17-11-4-7-18(8-5-11)24(22,23)12-1-2-12/h3,6,9,11-12H,1-2,4-5,7-8H2,(H,17,19)(H,20,21). The van der Waals surface area contributed by atoms with Gasteiger partial charge in [-0.15, -0.1) is 0 Å². The van der Waals surface area contributed by atoms with E-state index in [0.717, 1.165) is 12.8 Å². The normalized spacial score (nSPS) is 19.8. The summed E-state index contributed by atoms with van der Waals surface area (Å²) >= 11 is 0. The number of hydrogen-bond acceptors (Lipinski definition) is 5. The molecule has 0 atom stereocenters. The average molecular weight is 353 g/mol. The fraction of sp³-hybridized carbons (Fsp3) is 0.533. The van der Waals surface area contributed by atoms with E-state index in [1.807, 2.05) is 0 Å². The maximum Gasteiger partial charge on any atom is 0.354 e. The van der Waals surface area contributed by atoms with Crippen LogP contribution in [0, 0.1) is 0 Å². The van der Waals surface area contributed by atoms with E-state index < -0.39 is 16.0 Å². The number of carbonyl (C=O) groups excluding carboxylic acids is 1. The number of sulfonamides is 1. The lowest BCUT2D eigenvalue weighted by atomic mass is 10.1. The Kier molecular flexibility index (Phi) is 4.55. The van der Waals surface area contributed by atoms with Gasteiger partial charge in [0.1, 0.15) is 5.69 Å². The molecule has 0 radical (unpaired) electrons. The van der Waals surface area contributed by atoms with Crippen LogP contribution in [0.5, 0.6) is 0 Å². The number of rotatable bonds is 5. The van der Waals surface area contributed by atoms with Gasteiger partial charge >= 0.3 is 5.97 Å². The Morgan fingerprint density at radius 1 is 1.21 bits per heavy atom. The average Bonchev–Trinajstić information content (AvgIpc) is 3.41. The van der Waals surface area contributed by atoms with E-state index in [0.29, 0.717) is 25.9 Å². The predicted molar refractivity (Wildman–Crippen MR) is 85.2 cm³/mol. The number of piperidine rings is 1. The zero-order valence-electron chi connectivity index (χ0n) is 13.0. The Bertz CT molecular complexity index is 752. The van der Waals surface area contributed by atoms with Crippen molar-refractivity contribution in [2.45, 2.75) is 37.0 Å². The third-order valence-electron chi connectivity index (χ3n) is 4.34. The second kappa shape index (κ2) is 6.48. The molecule has 3 rings (SSSR count). The quantitative estimate of drug-likeness (QED) is 0.794. The molecule has 1 saturated heterocycles. The van der Waals surface area contributed by atoms with Gasteiger partial charge in [-0.2, -0.15) is 0 Å². The monoisotopic (exact) mass is 353 g/mol. The summed E-state index contributed by atoms with van der Waals surface area (Å²) in [5, 5.41) is 11.5. The fourth-order valence-corrected chi connectivity index (χ4v) is 4.66. The highest BCUT2D eigenvalue weighted by Crippen LogP contribution is 2.32. The van der Waals surface area contributed by atoms with Crippen LogP contribution in [0.1, 0.15) is 46.5 Å². The lowest BCUT2D eigenvalue weighted by Gasteiger charge is -2.31. The molecule has 1 aromatic heterocycles. The first kappa shape index (κ1) is 16.8. The molecule has 0 unspecified atom stereocenters. The molecule has 9 heteroatoms. The number of aromatic nitrogens is 1. The molecule has 2 fully saturated rings. The van der Waals surface area contributed by atoms with Gasteiger partial charge in [0.25, 0.3) is 5.91 Å². The molecule has 2 heterocycles. The second-order valence-corrected chi connectivity index (χ2v) is 8.34. The topological polar surface area (TPSA) is 117 Å². The van der Waals surface area contributed by atoms with Crippen LogP contribution in [0.15, 0.2) is 18.3 Å². The van der Waals surface area contributed by atoms with Crippen molar-refractivity contribution in [3.8, 4) is 0 Å². The van der Waals surface area contributed by atoms with Crippen molar-refractivity contribution in [3.05, 3.63) is 29.6 Å². The molecule has 0 spiro atoms. The lowest BCUT2D eigenvalue weighted by Crippen LogP contribution is -2.47. The first-order chi connectivity index (χ1) is 11.4. The fourth-order valence-electron chi connectivity index (χ4n) is 2.79. The van der Waals surface area contributed by atoms with Crippen molar-refractivity contribution < 1.29 is 23.1 Å². The molecular weight excluding hydrogens is 334 g/mol. The predicted octanol–water partition coefficient (Wildman–Crippen LogP) is 0.466. The molecule has 0 aromatic carbocycles. The summed E-state index contributed by atoms with van der Waals surface area (Å²) in [6.45, 7) is 0.807. The number of nitrogens with zero attached hydrogens (tertiary/aromatic N) is 2. The summed E-state index contributed by atoms with van der Waals surface area (Å²) in [6, 6.07) is 2.56. The molecule has 2 aliphatic rings. The van der Waals surface area contributed by atoms with Gasteiger partial charge in [0.2, 0.25) is 10.0 Å². The van der Waals surface area contributed by atoms with E-state index in [9.17, 15) is 18.0 Å². The molecule has 8 nitrogen and oxygen atoms in total. The van der Waals surface area contributed by atoms with E-state index in [-0.39, 0.29) is 28.5 Å². The maximum absolute atomic E-state index is 12.2. The number of carbonyl (C=O) groups is 2. The molecule has 24 heavy (non-hydrogen) atoms. The summed E-state index contributed by atoms with van der Waals surface area (Å²) in [5.41, 5.74) is 0.0448. The van der Waals surface area contributed by atoms with E-state index in [2.05, 4.69) is 10.3 Å². The Morgan fingerprint density at radius 2 is 1.88 bits per heavy atom. The van der Waals surface area contributed by atoms with Crippen molar-refractivity contribution in [1.29, 1.82) is 0 Å². The first-order valence-electron chi connectivity index (χ1n) is 7.87. The minimum Gasteiger partial charge on any atom is -0.477 e. The van der Waals surface area contributed by atoms with Gasteiger partial charge in [-0.3, -0.25) is 4.79 Å². The molecule has 1 amide bonds.